The van der Waals surface area contributed by atoms with Crippen LogP contribution in [-0.4, -0.2) is 61.1 Å². The van der Waals surface area contributed by atoms with Gasteiger partial charge in [-0.1, -0.05) is 19.1 Å². The average molecular weight is 401 g/mol. The van der Waals surface area contributed by atoms with E-state index in [2.05, 4.69) is 10.6 Å². The molecule has 5 atom stereocenters. The van der Waals surface area contributed by atoms with Crippen LogP contribution in [0.1, 0.15) is 6.92 Å². The van der Waals surface area contributed by atoms with Gasteiger partial charge in [0.1, 0.15) is 11.8 Å². The monoisotopic (exact) mass is 401 g/mol. The molecular weight excluding hydrogens is 374 g/mol. The van der Waals surface area contributed by atoms with Crippen molar-refractivity contribution in [2.45, 2.75) is 13.0 Å². The molecular formula is C21H27N3O5. The van der Waals surface area contributed by atoms with Crippen LogP contribution in [0.15, 0.2) is 36.4 Å². The van der Waals surface area contributed by atoms with Gasteiger partial charge in [-0.3, -0.25) is 14.4 Å². The van der Waals surface area contributed by atoms with Gasteiger partial charge >= 0.3 is 0 Å². The first-order valence-electron chi connectivity index (χ1n) is 9.69. The van der Waals surface area contributed by atoms with Crippen molar-refractivity contribution in [3.8, 4) is 5.75 Å². The number of β-amino-alcohol motifs (C(OH)–C–C–N with tert-alkyl or cyclic N) is 1. The standard InChI is InChI=1S/C21H27N3O5/c1-12-4-9-15-17(16(12)19(26)22-2)21(28)24(10-11-25)18(15)20(27)23-13-5-7-14(29-3)8-6-13/h4-9,12,15-18,25H,10-11H2,1-3H3,(H,22,26)(H,23,27)/t12-,15+,16-,17+,18+/m1/s1. The highest BCUT2D eigenvalue weighted by atomic mass is 16.5. The molecule has 8 nitrogen and oxygen atoms in total. The van der Waals surface area contributed by atoms with Crippen molar-refractivity contribution < 1.29 is 24.2 Å². The molecule has 3 N–H and O–H groups in total. The van der Waals surface area contributed by atoms with Crippen molar-refractivity contribution in [1.29, 1.82) is 0 Å². The summed E-state index contributed by atoms with van der Waals surface area (Å²) >= 11 is 0. The number of ether oxygens (including phenoxy) is 1. The molecule has 2 aliphatic rings. The van der Waals surface area contributed by atoms with Gasteiger partial charge in [-0.15, -0.1) is 0 Å². The van der Waals surface area contributed by atoms with E-state index in [9.17, 15) is 19.5 Å². The van der Waals surface area contributed by atoms with E-state index in [-0.39, 0.29) is 36.8 Å². The van der Waals surface area contributed by atoms with E-state index in [0.717, 1.165) is 0 Å². The normalized spacial score (nSPS) is 28.1. The number of fused-ring (bicyclic) bond motifs is 1. The largest absolute Gasteiger partial charge is 0.497 e. The molecule has 29 heavy (non-hydrogen) atoms. The molecule has 156 valence electrons. The van der Waals surface area contributed by atoms with Gasteiger partial charge in [0.15, 0.2) is 0 Å². The number of anilines is 1. The number of hydrogen-bond acceptors (Lipinski definition) is 5. The molecule has 0 radical (unpaired) electrons. The third-order valence-corrected chi connectivity index (χ3v) is 5.79. The van der Waals surface area contributed by atoms with Crippen LogP contribution < -0.4 is 15.4 Å². The minimum absolute atomic E-state index is 0.0369. The Bertz CT molecular complexity index is 807. The number of aliphatic hydroxyl groups is 1. The number of hydrogen-bond donors (Lipinski definition) is 3. The fraction of sp³-hybridized carbons (Fsp3) is 0.476. The van der Waals surface area contributed by atoms with Gasteiger partial charge in [0.05, 0.1) is 25.6 Å². The number of carbonyl (C=O) groups excluding carboxylic acids is 3. The highest BCUT2D eigenvalue weighted by Crippen LogP contribution is 2.44. The van der Waals surface area contributed by atoms with Gasteiger partial charge in [-0.05, 0) is 30.2 Å². The van der Waals surface area contributed by atoms with Crippen molar-refractivity contribution in [1.82, 2.24) is 10.2 Å². The summed E-state index contributed by atoms with van der Waals surface area (Å²) in [6.45, 7) is 1.66. The van der Waals surface area contributed by atoms with Gasteiger partial charge in [0.25, 0.3) is 0 Å². The van der Waals surface area contributed by atoms with E-state index in [1.165, 1.54) is 4.90 Å². The van der Waals surface area contributed by atoms with Crippen molar-refractivity contribution >= 4 is 23.4 Å². The summed E-state index contributed by atoms with van der Waals surface area (Å²) in [6.07, 6.45) is 3.76. The number of likely N-dealkylation sites (tertiary alicyclic amines) is 1. The molecule has 8 heteroatoms. The molecule has 1 fully saturated rings. The Balaban J connectivity index is 1.90. The molecule has 1 aromatic rings. The summed E-state index contributed by atoms with van der Waals surface area (Å²) < 4.78 is 5.12. The number of aliphatic hydroxyl groups excluding tert-OH is 1. The molecule has 1 saturated heterocycles. The van der Waals surface area contributed by atoms with E-state index >= 15 is 0 Å². The third kappa shape index (κ3) is 3.85. The Labute approximate surface area is 169 Å². The first kappa shape index (κ1) is 20.9. The zero-order valence-electron chi connectivity index (χ0n) is 16.8. The highest BCUT2D eigenvalue weighted by Gasteiger charge is 2.56. The van der Waals surface area contributed by atoms with Crippen LogP contribution in [-0.2, 0) is 14.4 Å². The maximum atomic E-state index is 13.2. The van der Waals surface area contributed by atoms with E-state index in [1.54, 1.807) is 38.4 Å². The average Bonchev–Trinajstić information content (AvgIpc) is 3.00. The SMILES string of the molecule is CNC(=O)[C@H]1[C@H]2C(=O)N(CCO)[C@H](C(=O)Nc3ccc(OC)cc3)[C@H]2C=C[C@H]1C. The van der Waals surface area contributed by atoms with Crippen molar-refractivity contribution in [2.75, 3.05) is 32.6 Å². The van der Waals surface area contributed by atoms with Crippen LogP contribution in [0.5, 0.6) is 5.75 Å². The lowest BCUT2D eigenvalue weighted by Crippen LogP contribution is -2.45. The lowest BCUT2D eigenvalue weighted by molar-refractivity contribution is -0.140. The molecule has 1 aliphatic heterocycles. The van der Waals surface area contributed by atoms with E-state index in [0.29, 0.717) is 11.4 Å². The summed E-state index contributed by atoms with van der Waals surface area (Å²) in [6, 6.07) is 6.10. The molecule has 0 aromatic heterocycles. The van der Waals surface area contributed by atoms with Gasteiger partial charge in [-0.25, -0.2) is 0 Å². The molecule has 3 amide bonds. The second-order valence-electron chi connectivity index (χ2n) is 7.41. The van der Waals surface area contributed by atoms with Crippen LogP contribution in [0, 0.1) is 23.7 Å². The fourth-order valence-corrected chi connectivity index (χ4v) is 4.40. The minimum Gasteiger partial charge on any atom is -0.497 e. The second-order valence-corrected chi connectivity index (χ2v) is 7.41. The van der Waals surface area contributed by atoms with Crippen LogP contribution in [0.4, 0.5) is 5.69 Å². The van der Waals surface area contributed by atoms with Gasteiger partial charge < -0.3 is 25.4 Å². The topological polar surface area (TPSA) is 108 Å². The summed E-state index contributed by atoms with van der Waals surface area (Å²) in [5.74, 6) is -1.92. The predicted molar refractivity (Wildman–Crippen MR) is 107 cm³/mol. The number of allylic oxidation sites excluding steroid dienone is 1. The van der Waals surface area contributed by atoms with Crippen LogP contribution in [0.25, 0.3) is 0 Å². The Morgan fingerprint density at radius 1 is 1.17 bits per heavy atom. The molecule has 0 spiro atoms. The van der Waals surface area contributed by atoms with E-state index in [4.69, 9.17) is 4.74 Å². The first-order valence-corrected chi connectivity index (χ1v) is 9.69. The maximum absolute atomic E-state index is 13.2. The lowest BCUT2D eigenvalue weighted by atomic mass is 9.70. The zero-order chi connectivity index (χ0) is 21.1. The van der Waals surface area contributed by atoms with Crippen molar-refractivity contribution in [3.63, 3.8) is 0 Å². The minimum atomic E-state index is -0.794. The highest BCUT2D eigenvalue weighted by molar-refractivity contribution is 6.01. The molecule has 0 unspecified atom stereocenters. The number of carbonyl (C=O) groups is 3. The fourth-order valence-electron chi connectivity index (χ4n) is 4.40. The number of nitrogens with one attached hydrogen (secondary N) is 2. The smallest absolute Gasteiger partial charge is 0.247 e. The number of nitrogens with zero attached hydrogens (tertiary/aromatic N) is 1. The Morgan fingerprint density at radius 3 is 2.45 bits per heavy atom. The molecule has 1 heterocycles. The number of methoxy groups -OCH3 is 1. The Hall–Kier alpha value is -2.87. The quantitative estimate of drug-likeness (QED) is 0.606. The molecule has 1 aliphatic carbocycles. The molecule has 0 saturated carbocycles. The van der Waals surface area contributed by atoms with Crippen LogP contribution in [0.2, 0.25) is 0 Å². The van der Waals surface area contributed by atoms with Gasteiger partial charge in [-0.2, -0.15) is 0 Å². The molecule has 1 aromatic carbocycles. The van der Waals surface area contributed by atoms with Crippen LogP contribution in [0.3, 0.4) is 0 Å². The molecule has 3 rings (SSSR count). The number of amides is 3. The zero-order valence-corrected chi connectivity index (χ0v) is 16.8. The van der Waals surface area contributed by atoms with Gasteiger partial charge in [0, 0.05) is 25.2 Å². The Kier molecular flexibility index (Phi) is 6.22. The first-order chi connectivity index (χ1) is 13.9. The third-order valence-electron chi connectivity index (χ3n) is 5.79. The van der Waals surface area contributed by atoms with E-state index < -0.39 is 23.8 Å². The van der Waals surface area contributed by atoms with Crippen molar-refractivity contribution in [2.24, 2.45) is 23.7 Å². The maximum Gasteiger partial charge on any atom is 0.247 e. The summed E-state index contributed by atoms with van der Waals surface area (Å²) in [5, 5.41) is 14.9. The number of benzene rings is 1. The van der Waals surface area contributed by atoms with Gasteiger partial charge in [0.2, 0.25) is 17.7 Å². The molecule has 0 bridgehead atoms. The van der Waals surface area contributed by atoms with Crippen LogP contribution >= 0.6 is 0 Å². The van der Waals surface area contributed by atoms with Crippen molar-refractivity contribution in [3.05, 3.63) is 36.4 Å². The summed E-state index contributed by atoms with van der Waals surface area (Å²) in [7, 11) is 3.10. The number of rotatable bonds is 6. The predicted octanol–water partition coefficient (Wildman–Crippen LogP) is 0.637. The second kappa shape index (κ2) is 8.65. The Morgan fingerprint density at radius 2 is 1.86 bits per heavy atom. The lowest BCUT2D eigenvalue weighted by Gasteiger charge is -2.32. The summed E-state index contributed by atoms with van der Waals surface area (Å²) in [4.78, 5) is 40.2. The summed E-state index contributed by atoms with van der Waals surface area (Å²) in [5.41, 5.74) is 0.576. The van der Waals surface area contributed by atoms with E-state index in [1.807, 2.05) is 19.1 Å².